The minimum absolute atomic E-state index is 0.00984. The van der Waals surface area contributed by atoms with Gasteiger partial charge >= 0.3 is 0 Å². The molecule has 2 aromatic heterocycles. The molecular formula is C23H24F2N4O3. The zero-order valence-electron chi connectivity index (χ0n) is 18.0. The molecule has 3 aromatic rings. The molecule has 0 saturated heterocycles. The number of carbonyl (C=O) groups excluding carboxylic acids is 1. The van der Waals surface area contributed by atoms with Crippen LogP contribution in [0.5, 0.6) is 5.75 Å². The summed E-state index contributed by atoms with van der Waals surface area (Å²) in [6.45, 7) is 2.36. The summed E-state index contributed by atoms with van der Waals surface area (Å²) in [5, 5.41) is 6.01. The Hall–Kier alpha value is -3.46. The van der Waals surface area contributed by atoms with E-state index in [0.29, 0.717) is 41.3 Å². The first-order chi connectivity index (χ1) is 15.4. The average molecular weight is 442 g/mol. The summed E-state index contributed by atoms with van der Waals surface area (Å²) >= 11 is 0. The van der Waals surface area contributed by atoms with Crippen LogP contribution in [-0.4, -0.2) is 42.7 Å². The van der Waals surface area contributed by atoms with Crippen LogP contribution in [0.4, 0.5) is 20.2 Å². The quantitative estimate of drug-likeness (QED) is 0.506. The van der Waals surface area contributed by atoms with E-state index in [-0.39, 0.29) is 29.2 Å². The highest BCUT2D eigenvalue weighted by molar-refractivity contribution is 6.06. The number of benzene rings is 1. The lowest BCUT2D eigenvalue weighted by Gasteiger charge is -2.25. The van der Waals surface area contributed by atoms with E-state index in [2.05, 4.69) is 20.6 Å². The van der Waals surface area contributed by atoms with Gasteiger partial charge in [0.05, 0.1) is 42.0 Å². The maximum absolute atomic E-state index is 14.7. The van der Waals surface area contributed by atoms with Crippen LogP contribution in [0.2, 0.25) is 0 Å². The van der Waals surface area contributed by atoms with Crippen molar-refractivity contribution in [3.63, 3.8) is 0 Å². The van der Waals surface area contributed by atoms with Crippen molar-refractivity contribution >= 4 is 17.3 Å². The minimum Gasteiger partial charge on any atom is -0.492 e. The van der Waals surface area contributed by atoms with Crippen molar-refractivity contribution in [1.29, 1.82) is 0 Å². The second-order valence-corrected chi connectivity index (χ2v) is 7.65. The molecule has 1 aliphatic rings. The summed E-state index contributed by atoms with van der Waals surface area (Å²) in [5.74, 6) is -1.51. The van der Waals surface area contributed by atoms with E-state index in [1.807, 2.05) is 6.92 Å². The molecule has 0 saturated carbocycles. The number of rotatable bonds is 7. The van der Waals surface area contributed by atoms with Gasteiger partial charge in [0.15, 0.2) is 17.4 Å². The number of nitrogens with zero attached hydrogens (tertiary/aromatic N) is 1. The van der Waals surface area contributed by atoms with Crippen LogP contribution in [0, 0.1) is 11.6 Å². The molecule has 0 radical (unpaired) electrons. The Labute approximate surface area is 184 Å². The smallest absolute Gasteiger partial charge is 0.255 e. The van der Waals surface area contributed by atoms with Gasteiger partial charge in [-0.25, -0.2) is 8.78 Å². The van der Waals surface area contributed by atoms with Crippen molar-refractivity contribution in [1.82, 2.24) is 15.3 Å². The minimum atomic E-state index is -0.560. The summed E-state index contributed by atoms with van der Waals surface area (Å²) in [6.07, 6.45) is 3.17. The molecule has 3 heterocycles. The van der Waals surface area contributed by atoms with Crippen molar-refractivity contribution in [2.24, 2.45) is 0 Å². The average Bonchev–Trinajstić information content (AvgIpc) is 3.16. The van der Waals surface area contributed by atoms with Crippen LogP contribution in [-0.2, 0) is 4.74 Å². The van der Waals surface area contributed by atoms with Crippen LogP contribution in [0.1, 0.15) is 35.3 Å². The summed E-state index contributed by atoms with van der Waals surface area (Å²) in [5.41, 5.74) is 2.27. The normalized spacial score (nSPS) is 16.3. The number of methoxy groups -OCH3 is 2. The van der Waals surface area contributed by atoms with Gasteiger partial charge in [0, 0.05) is 37.0 Å². The lowest BCUT2D eigenvalue weighted by molar-refractivity contribution is 0.0893. The van der Waals surface area contributed by atoms with Gasteiger partial charge in [-0.05, 0) is 31.5 Å². The van der Waals surface area contributed by atoms with E-state index in [4.69, 9.17) is 9.47 Å². The molecule has 168 valence electrons. The van der Waals surface area contributed by atoms with E-state index in [1.165, 1.54) is 31.5 Å². The highest BCUT2D eigenvalue weighted by atomic mass is 19.1. The maximum Gasteiger partial charge on any atom is 0.255 e. The number of anilines is 2. The number of fused-ring (bicyclic) bond motifs is 1. The van der Waals surface area contributed by atoms with Crippen molar-refractivity contribution in [2.75, 3.05) is 26.1 Å². The molecule has 0 fully saturated rings. The molecule has 1 aromatic carbocycles. The molecule has 7 nitrogen and oxygen atoms in total. The molecule has 4 rings (SSSR count). The zero-order valence-corrected chi connectivity index (χ0v) is 18.0. The van der Waals surface area contributed by atoms with Crippen LogP contribution >= 0.6 is 0 Å². The number of hydrogen-bond acceptors (Lipinski definition) is 5. The monoisotopic (exact) mass is 442 g/mol. The Kier molecular flexibility index (Phi) is 6.09. The van der Waals surface area contributed by atoms with E-state index in [0.717, 1.165) is 6.20 Å². The second-order valence-electron chi connectivity index (χ2n) is 7.65. The Morgan fingerprint density at radius 1 is 1.25 bits per heavy atom. The molecule has 1 aliphatic heterocycles. The lowest BCUT2D eigenvalue weighted by atomic mass is 9.91. The molecule has 0 unspecified atom stereocenters. The van der Waals surface area contributed by atoms with Crippen LogP contribution < -0.4 is 15.4 Å². The number of pyridine rings is 1. The van der Waals surface area contributed by atoms with Gasteiger partial charge in [-0.2, -0.15) is 0 Å². The van der Waals surface area contributed by atoms with Crippen LogP contribution in [0.25, 0.3) is 11.3 Å². The third-order valence-corrected chi connectivity index (χ3v) is 5.66. The number of carbonyl (C=O) groups is 1. The number of aromatic amines is 1. The SMILES string of the molecule is COc1c(F)cccc1Nc1c(-c2ccncc2F)[nH]c2c1C(=O)NC[C@@H]2C[C@H](C)OC. The summed E-state index contributed by atoms with van der Waals surface area (Å²) in [4.78, 5) is 20.0. The number of para-hydroxylation sites is 1. The van der Waals surface area contributed by atoms with Crippen molar-refractivity contribution < 1.29 is 23.0 Å². The number of amides is 1. The fourth-order valence-corrected chi connectivity index (χ4v) is 4.02. The van der Waals surface area contributed by atoms with Gasteiger partial charge in [0.2, 0.25) is 0 Å². The Bertz CT molecular complexity index is 1150. The first-order valence-corrected chi connectivity index (χ1v) is 10.2. The van der Waals surface area contributed by atoms with Crippen LogP contribution in [0.3, 0.4) is 0 Å². The number of hydrogen-bond donors (Lipinski definition) is 3. The Morgan fingerprint density at radius 2 is 2.06 bits per heavy atom. The number of H-pyrrole nitrogens is 1. The molecule has 0 spiro atoms. The third kappa shape index (κ3) is 3.91. The topological polar surface area (TPSA) is 88.3 Å². The number of aromatic nitrogens is 2. The number of nitrogens with one attached hydrogen (secondary N) is 3. The lowest BCUT2D eigenvalue weighted by Crippen LogP contribution is -2.36. The van der Waals surface area contributed by atoms with E-state index in [9.17, 15) is 13.6 Å². The highest BCUT2D eigenvalue weighted by Crippen LogP contribution is 2.42. The molecular weight excluding hydrogens is 418 g/mol. The summed E-state index contributed by atoms with van der Waals surface area (Å²) < 4.78 is 39.6. The second kappa shape index (κ2) is 8.96. The molecule has 1 amide bonds. The fourth-order valence-electron chi connectivity index (χ4n) is 4.02. The summed E-state index contributed by atoms with van der Waals surface area (Å²) in [6, 6.07) is 5.94. The molecule has 32 heavy (non-hydrogen) atoms. The fraction of sp³-hybridized carbons (Fsp3) is 0.304. The van der Waals surface area contributed by atoms with E-state index >= 15 is 0 Å². The molecule has 0 bridgehead atoms. The van der Waals surface area contributed by atoms with Gasteiger partial charge < -0.3 is 25.1 Å². The van der Waals surface area contributed by atoms with Crippen molar-refractivity contribution in [3.05, 3.63) is 59.6 Å². The van der Waals surface area contributed by atoms with Gasteiger partial charge in [0.1, 0.15) is 0 Å². The van der Waals surface area contributed by atoms with Crippen molar-refractivity contribution in [3.8, 4) is 17.0 Å². The Morgan fingerprint density at radius 3 is 2.78 bits per heavy atom. The first-order valence-electron chi connectivity index (χ1n) is 10.2. The predicted octanol–water partition coefficient (Wildman–Crippen LogP) is 4.36. The first kappa shape index (κ1) is 21.8. The largest absolute Gasteiger partial charge is 0.492 e. The summed E-state index contributed by atoms with van der Waals surface area (Å²) in [7, 11) is 2.98. The van der Waals surface area contributed by atoms with Gasteiger partial charge in [0.25, 0.3) is 5.91 Å². The van der Waals surface area contributed by atoms with E-state index < -0.39 is 11.6 Å². The molecule has 3 N–H and O–H groups in total. The Balaban J connectivity index is 1.91. The predicted molar refractivity (Wildman–Crippen MR) is 116 cm³/mol. The van der Waals surface area contributed by atoms with E-state index in [1.54, 1.807) is 13.2 Å². The zero-order chi connectivity index (χ0) is 22.8. The molecule has 9 heteroatoms. The highest BCUT2D eigenvalue weighted by Gasteiger charge is 2.34. The van der Waals surface area contributed by atoms with Crippen molar-refractivity contribution in [2.45, 2.75) is 25.4 Å². The van der Waals surface area contributed by atoms with Gasteiger partial charge in [-0.1, -0.05) is 6.07 Å². The van der Waals surface area contributed by atoms with Gasteiger partial charge in [-0.15, -0.1) is 0 Å². The third-order valence-electron chi connectivity index (χ3n) is 5.66. The molecule has 2 atom stereocenters. The maximum atomic E-state index is 14.7. The number of halogens is 2. The number of ether oxygens (including phenoxy) is 2. The van der Waals surface area contributed by atoms with Gasteiger partial charge in [-0.3, -0.25) is 9.78 Å². The molecule has 0 aliphatic carbocycles. The standard InChI is InChI=1S/C23H24F2N4O3/c1-12(31-2)9-13-10-27-23(30)18-19(13)29-20(14-7-8-26-11-16(14)25)21(18)28-17-6-4-5-15(24)22(17)32-3/h4-8,11-13,28-29H,9-10H2,1-3H3,(H,27,30)/t12-,13-/m0/s1. The van der Waals surface area contributed by atoms with Crippen LogP contribution in [0.15, 0.2) is 36.7 Å².